The molecule has 0 spiro atoms. The van der Waals surface area contributed by atoms with Gasteiger partial charge in [0.25, 0.3) is 0 Å². The number of hydrogen-bond donors (Lipinski definition) is 4. The van der Waals surface area contributed by atoms with E-state index >= 15 is 0 Å². The molecule has 0 fully saturated rings. The Kier molecular flexibility index (Phi) is 7.17. The molecule has 3 aromatic rings. The molecule has 0 bridgehead atoms. The summed E-state index contributed by atoms with van der Waals surface area (Å²) in [6.45, 7) is 0.816. The van der Waals surface area contributed by atoms with Gasteiger partial charge >= 0.3 is 14.0 Å². The summed E-state index contributed by atoms with van der Waals surface area (Å²) in [5.41, 5.74) is 1.39. The fraction of sp³-hybridized carbons (Fsp3) is 0.350. The van der Waals surface area contributed by atoms with Crippen molar-refractivity contribution in [3.8, 4) is 0 Å². The zero-order valence-electron chi connectivity index (χ0n) is 17.4. The van der Waals surface area contributed by atoms with Gasteiger partial charge in [-0.1, -0.05) is 23.2 Å². The number of hydrogen-bond acceptors (Lipinski definition) is 5. The lowest BCUT2D eigenvalue weighted by molar-refractivity contribution is -0.141. The number of phosphoric ester groups is 1. The summed E-state index contributed by atoms with van der Waals surface area (Å²) in [7, 11) is -4.72. The van der Waals surface area contributed by atoms with Crippen LogP contribution in [0.15, 0.2) is 30.3 Å². The number of fused-ring (bicyclic) bond motifs is 3. The van der Waals surface area contributed by atoms with Gasteiger partial charge < -0.3 is 20.1 Å². The highest BCUT2D eigenvalue weighted by atomic mass is 35.5. The molecule has 8 nitrogen and oxygen atoms in total. The zero-order chi connectivity index (χ0) is 24.7. The van der Waals surface area contributed by atoms with Crippen LogP contribution in [0, 0.1) is 0 Å². The number of pyridine rings is 1. The van der Waals surface area contributed by atoms with E-state index in [-0.39, 0.29) is 19.0 Å². The highest BCUT2D eigenvalue weighted by molar-refractivity contribution is 7.46. The first-order chi connectivity index (χ1) is 15.9. The van der Waals surface area contributed by atoms with Crippen LogP contribution in [-0.2, 0) is 21.7 Å². The van der Waals surface area contributed by atoms with Gasteiger partial charge in [0.1, 0.15) is 5.82 Å². The second-order valence-electron chi connectivity index (χ2n) is 7.75. The molecule has 0 radical (unpaired) electrons. The number of phosphoric acid groups is 1. The summed E-state index contributed by atoms with van der Waals surface area (Å²) in [6.07, 6.45) is -4.04. The largest absolute Gasteiger partial charge is 0.469 e. The molecule has 0 amide bonds. The van der Waals surface area contributed by atoms with E-state index in [4.69, 9.17) is 27.7 Å². The minimum atomic E-state index is -4.72. The van der Waals surface area contributed by atoms with Crippen LogP contribution < -0.4 is 5.32 Å². The maximum Gasteiger partial charge on any atom is 0.469 e. The normalized spacial score (nSPS) is 17.2. The minimum absolute atomic E-state index is 0.0118. The number of H-pyrrole nitrogens is 1. The molecule has 1 atom stereocenters. The van der Waals surface area contributed by atoms with Crippen LogP contribution in [-0.4, -0.2) is 50.9 Å². The van der Waals surface area contributed by atoms with E-state index < -0.39 is 30.8 Å². The van der Waals surface area contributed by atoms with Crippen molar-refractivity contribution in [2.45, 2.75) is 18.6 Å². The second-order valence-corrected chi connectivity index (χ2v) is 9.83. The molecular formula is C20H20Cl2F3N4O4P. The smallest absolute Gasteiger partial charge is 0.369 e. The van der Waals surface area contributed by atoms with Crippen molar-refractivity contribution in [2.24, 2.45) is 0 Å². The van der Waals surface area contributed by atoms with Crippen LogP contribution in [0.3, 0.4) is 0 Å². The molecule has 0 saturated heterocycles. The SMILES string of the molecule is O=P(O)(O)OCC1c2[nH]c3ccc(Cl)cc3c2CCN1CCNc1ccc(Cl)c(C(F)(F)F)n1. The average Bonchev–Trinajstić information content (AvgIpc) is 3.10. The molecule has 184 valence electrons. The van der Waals surface area contributed by atoms with Crippen LogP contribution in [0.1, 0.15) is 23.0 Å². The number of aromatic amines is 1. The number of anilines is 1. The minimum Gasteiger partial charge on any atom is -0.369 e. The van der Waals surface area contributed by atoms with Crippen LogP contribution in [0.25, 0.3) is 10.9 Å². The van der Waals surface area contributed by atoms with E-state index in [1.165, 1.54) is 6.07 Å². The molecule has 34 heavy (non-hydrogen) atoms. The Hall–Kier alpha value is -1.85. The topological polar surface area (TPSA) is 111 Å². The van der Waals surface area contributed by atoms with Gasteiger partial charge in [0.15, 0.2) is 5.69 Å². The number of halogens is 5. The maximum absolute atomic E-state index is 13.1. The molecule has 1 aromatic carbocycles. The van der Waals surface area contributed by atoms with Gasteiger partial charge in [-0.05, 0) is 42.3 Å². The van der Waals surface area contributed by atoms with Gasteiger partial charge in [0.05, 0.1) is 17.7 Å². The third kappa shape index (κ3) is 5.68. The lowest BCUT2D eigenvalue weighted by atomic mass is 9.97. The fourth-order valence-corrected chi connectivity index (χ4v) is 4.80. The van der Waals surface area contributed by atoms with E-state index in [0.717, 1.165) is 28.2 Å². The van der Waals surface area contributed by atoms with E-state index in [0.29, 0.717) is 24.5 Å². The van der Waals surface area contributed by atoms with Crippen LogP contribution >= 0.6 is 31.0 Å². The third-order valence-corrected chi connectivity index (χ3v) is 6.57. The standard InChI is InChI=1S/C20H20Cl2F3N4O4P/c21-11-1-3-15-13(9-11)12-5-7-29(16(18(12)27-15)10-33-34(30,31)32)8-6-26-17-4-2-14(22)19(28-17)20(23,24)25/h1-4,9,16,27H,5-8,10H2,(H,26,28)(H2,30,31,32). The van der Waals surface area contributed by atoms with E-state index in [9.17, 15) is 27.5 Å². The number of aromatic nitrogens is 2. The molecule has 1 unspecified atom stereocenters. The molecular weight excluding hydrogens is 519 g/mol. The van der Waals surface area contributed by atoms with Crippen molar-refractivity contribution >= 4 is 47.7 Å². The number of rotatable bonds is 7. The molecule has 2 aromatic heterocycles. The highest BCUT2D eigenvalue weighted by Gasteiger charge is 2.36. The van der Waals surface area contributed by atoms with Crippen molar-refractivity contribution in [3.05, 3.63) is 57.3 Å². The summed E-state index contributed by atoms with van der Waals surface area (Å²) in [6, 6.07) is 7.35. The molecule has 1 aliphatic heterocycles. The van der Waals surface area contributed by atoms with Crippen molar-refractivity contribution in [1.82, 2.24) is 14.9 Å². The lowest BCUT2D eigenvalue weighted by Crippen LogP contribution is -2.40. The predicted molar refractivity (Wildman–Crippen MR) is 122 cm³/mol. The summed E-state index contributed by atoms with van der Waals surface area (Å²) < 4.78 is 55.3. The zero-order valence-corrected chi connectivity index (χ0v) is 19.8. The molecule has 4 N–H and O–H groups in total. The summed E-state index contributed by atoms with van der Waals surface area (Å²) in [4.78, 5) is 27.2. The van der Waals surface area contributed by atoms with Crippen molar-refractivity contribution in [1.29, 1.82) is 0 Å². The number of benzene rings is 1. The molecule has 14 heteroatoms. The number of nitrogens with zero attached hydrogens (tertiary/aromatic N) is 2. The highest BCUT2D eigenvalue weighted by Crippen LogP contribution is 2.41. The molecule has 0 aliphatic carbocycles. The average molecular weight is 539 g/mol. The van der Waals surface area contributed by atoms with E-state index in [2.05, 4.69) is 15.3 Å². The number of nitrogens with one attached hydrogen (secondary N) is 2. The maximum atomic E-state index is 13.1. The first kappa shape index (κ1) is 25.2. The molecule has 1 aliphatic rings. The Morgan fingerprint density at radius 3 is 2.74 bits per heavy atom. The molecule has 4 rings (SSSR count). The van der Waals surface area contributed by atoms with E-state index in [1.54, 1.807) is 6.07 Å². The number of alkyl halides is 3. The summed E-state index contributed by atoms with van der Waals surface area (Å²) in [5, 5.41) is 3.85. The van der Waals surface area contributed by atoms with Crippen molar-refractivity contribution < 1.29 is 32.0 Å². The Morgan fingerprint density at radius 1 is 1.26 bits per heavy atom. The van der Waals surface area contributed by atoms with Crippen molar-refractivity contribution in [3.63, 3.8) is 0 Å². The first-order valence-electron chi connectivity index (χ1n) is 10.1. The summed E-state index contributed by atoms with van der Waals surface area (Å²) >= 11 is 11.7. The monoisotopic (exact) mass is 538 g/mol. The first-order valence-corrected chi connectivity index (χ1v) is 12.4. The van der Waals surface area contributed by atoms with E-state index in [1.807, 2.05) is 17.0 Å². The Balaban J connectivity index is 1.53. The molecule has 0 saturated carbocycles. The van der Waals surface area contributed by atoms with Crippen LogP contribution in [0.4, 0.5) is 19.0 Å². The lowest BCUT2D eigenvalue weighted by Gasteiger charge is -2.35. The Morgan fingerprint density at radius 2 is 2.03 bits per heavy atom. The third-order valence-electron chi connectivity index (χ3n) is 5.54. The Bertz CT molecular complexity index is 1250. The summed E-state index contributed by atoms with van der Waals surface area (Å²) in [5.74, 6) is 0.0118. The van der Waals surface area contributed by atoms with Crippen LogP contribution in [0.2, 0.25) is 10.0 Å². The fourth-order valence-electron chi connectivity index (χ4n) is 4.08. The van der Waals surface area contributed by atoms with Crippen LogP contribution in [0.5, 0.6) is 0 Å². The van der Waals surface area contributed by atoms with Gasteiger partial charge in [-0.15, -0.1) is 0 Å². The van der Waals surface area contributed by atoms with Gasteiger partial charge in [-0.3, -0.25) is 9.42 Å². The Labute approximate surface area is 202 Å². The predicted octanol–water partition coefficient (Wildman–Crippen LogP) is 5.01. The van der Waals surface area contributed by atoms with Gasteiger partial charge in [0.2, 0.25) is 0 Å². The van der Waals surface area contributed by atoms with Crippen molar-refractivity contribution in [2.75, 3.05) is 31.6 Å². The van der Waals surface area contributed by atoms with Gasteiger partial charge in [0, 0.05) is 41.3 Å². The molecule has 3 heterocycles. The second kappa shape index (κ2) is 9.66. The van der Waals surface area contributed by atoms with Gasteiger partial charge in [-0.2, -0.15) is 13.2 Å². The van der Waals surface area contributed by atoms with Gasteiger partial charge in [-0.25, -0.2) is 9.55 Å². The quantitative estimate of drug-likeness (QED) is 0.313.